The van der Waals surface area contributed by atoms with Gasteiger partial charge in [0.1, 0.15) is 11.5 Å². The molecule has 0 radical (unpaired) electrons. The van der Waals surface area contributed by atoms with Crippen molar-refractivity contribution in [2.45, 2.75) is 25.6 Å². The molecular weight excluding hydrogens is 356 g/mol. The standard InChI is InChI=1S/C22H20N2O2S/c1-2-25-16-10-11-20-17(13-16)19-14-18(15-7-4-3-5-8-15)23-24(19)22(26-20)21-9-6-12-27-21/h3-13,19,22H,2,14H2,1H3/t19-,22+/m0/s1. The molecule has 0 N–H and O–H groups in total. The fourth-order valence-corrected chi connectivity index (χ4v) is 4.49. The Morgan fingerprint density at radius 2 is 2.04 bits per heavy atom. The average molecular weight is 376 g/mol. The molecular formula is C22H20N2O2S. The minimum atomic E-state index is -0.193. The van der Waals surface area contributed by atoms with Crippen LogP contribution < -0.4 is 9.47 Å². The van der Waals surface area contributed by atoms with Gasteiger partial charge in [-0.2, -0.15) is 5.10 Å². The number of nitrogens with zero attached hydrogens (tertiary/aromatic N) is 2. The van der Waals surface area contributed by atoms with Crippen LogP contribution >= 0.6 is 11.3 Å². The number of hydrogen-bond acceptors (Lipinski definition) is 5. The van der Waals surface area contributed by atoms with Crippen molar-refractivity contribution < 1.29 is 9.47 Å². The van der Waals surface area contributed by atoms with E-state index >= 15 is 0 Å². The maximum Gasteiger partial charge on any atom is 0.222 e. The number of hydrazone groups is 1. The Labute approximate surface area is 162 Å². The lowest BCUT2D eigenvalue weighted by molar-refractivity contribution is -0.0167. The number of thiophene rings is 1. The topological polar surface area (TPSA) is 34.1 Å². The maximum absolute atomic E-state index is 6.38. The van der Waals surface area contributed by atoms with E-state index in [1.165, 1.54) is 5.56 Å². The van der Waals surface area contributed by atoms with E-state index in [1.807, 2.05) is 25.1 Å². The zero-order valence-electron chi connectivity index (χ0n) is 15.0. The van der Waals surface area contributed by atoms with E-state index in [9.17, 15) is 0 Å². The summed E-state index contributed by atoms with van der Waals surface area (Å²) in [6.07, 6.45) is 0.666. The number of ether oxygens (including phenoxy) is 2. The van der Waals surface area contributed by atoms with Gasteiger partial charge >= 0.3 is 0 Å². The zero-order chi connectivity index (χ0) is 18.2. The van der Waals surface area contributed by atoms with Crippen LogP contribution in [0.4, 0.5) is 0 Å². The Morgan fingerprint density at radius 3 is 2.81 bits per heavy atom. The first-order valence-corrected chi connectivity index (χ1v) is 10.1. The number of rotatable bonds is 4. The summed E-state index contributed by atoms with van der Waals surface area (Å²) in [5.41, 5.74) is 3.41. The molecule has 0 bridgehead atoms. The molecule has 4 nitrogen and oxygen atoms in total. The first-order valence-electron chi connectivity index (χ1n) is 9.21. The number of benzene rings is 2. The van der Waals surface area contributed by atoms with Crippen molar-refractivity contribution in [3.05, 3.63) is 82.0 Å². The van der Waals surface area contributed by atoms with Crippen LogP contribution in [-0.2, 0) is 0 Å². The van der Waals surface area contributed by atoms with Crippen molar-refractivity contribution in [1.29, 1.82) is 0 Å². The van der Waals surface area contributed by atoms with Crippen LogP contribution in [0.25, 0.3) is 0 Å². The molecule has 0 saturated carbocycles. The normalized spacial score (nSPS) is 20.5. The molecule has 136 valence electrons. The van der Waals surface area contributed by atoms with Gasteiger partial charge < -0.3 is 9.47 Å². The summed E-state index contributed by atoms with van der Waals surface area (Å²) in [4.78, 5) is 1.16. The van der Waals surface area contributed by atoms with Gasteiger partial charge in [0.2, 0.25) is 6.23 Å². The van der Waals surface area contributed by atoms with Gasteiger partial charge in [0.15, 0.2) is 0 Å². The highest BCUT2D eigenvalue weighted by molar-refractivity contribution is 7.10. The van der Waals surface area contributed by atoms with Gasteiger partial charge in [0.25, 0.3) is 0 Å². The fourth-order valence-electron chi connectivity index (χ4n) is 3.75. The second kappa shape index (κ2) is 6.74. The van der Waals surface area contributed by atoms with E-state index in [0.717, 1.165) is 34.1 Å². The molecule has 2 aromatic carbocycles. The predicted molar refractivity (Wildman–Crippen MR) is 107 cm³/mol. The van der Waals surface area contributed by atoms with Crippen LogP contribution in [0.5, 0.6) is 11.5 Å². The average Bonchev–Trinajstić information content (AvgIpc) is 3.39. The van der Waals surface area contributed by atoms with Crippen molar-refractivity contribution >= 4 is 17.0 Å². The van der Waals surface area contributed by atoms with Crippen LogP contribution in [0.15, 0.2) is 71.1 Å². The van der Waals surface area contributed by atoms with Crippen LogP contribution in [-0.4, -0.2) is 17.3 Å². The van der Waals surface area contributed by atoms with Crippen LogP contribution in [0.2, 0.25) is 0 Å². The second-order valence-electron chi connectivity index (χ2n) is 6.63. The minimum absolute atomic E-state index is 0.150. The lowest BCUT2D eigenvalue weighted by Gasteiger charge is -2.37. The van der Waals surface area contributed by atoms with Gasteiger partial charge in [-0.25, -0.2) is 5.01 Å². The van der Waals surface area contributed by atoms with Crippen molar-refractivity contribution in [2.75, 3.05) is 6.61 Å². The van der Waals surface area contributed by atoms with E-state index in [0.29, 0.717) is 6.61 Å². The summed E-state index contributed by atoms with van der Waals surface area (Å²) in [6.45, 7) is 2.65. The third kappa shape index (κ3) is 2.88. The molecule has 0 amide bonds. The highest BCUT2D eigenvalue weighted by Crippen LogP contribution is 2.49. The third-order valence-corrected chi connectivity index (χ3v) is 5.87. The minimum Gasteiger partial charge on any atom is -0.494 e. The van der Waals surface area contributed by atoms with E-state index in [2.05, 4.69) is 52.9 Å². The highest BCUT2D eigenvalue weighted by Gasteiger charge is 2.41. The Morgan fingerprint density at radius 1 is 1.15 bits per heavy atom. The van der Waals surface area contributed by atoms with E-state index in [4.69, 9.17) is 14.6 Å². The molecule has 0 fully saturated rings. The molecule has 2 aliphatic rings. The van der Waals surface area contributed by atoms with Crippen molar-refractivity contribution in [3.63, 3.8) is 0 Å². The van der Waals surface area contributed by atoms with Gasteiger partial charge in [0.05, 0.1) is 23.2 Å². The van der Waals surface area contributed by atoms with Crippen molar-refractivity contribution in [1.82, 2.24) is 5.01 Å². The first-order chi connectivity index (χ1) is 13.3. The van der Waals surface area contributed by atoms with E-state index < -0.39 is 0 Å². The summed E-state index contributed by atoms with van der Waals surface area (Å²) in [5.74, 6) is 1.80. The predicted octanol–water partition coefficient (Wildman–Crippen LogP) is 5.39. The molecule has 3 aromatic rings. The van der Waals surface area contributed by atoms with Crippen molar-refractivity contribution in [3.8, 4) is 11.5 Å². The molecule has 0 spiro atoms. The molecule has 1 aromatic heterocycles. The first kappa shape index (κ1) is 16.4. The Kier molecular flexibility index (Phi) is 4.09. The largest absolute Gasteiger partial charge is 0.494 e. The van der Waals surface area contributed by atoms with E-state index in [-0.39, 0.29) is 12.3 Å². The Bertz CT molecular complexity index is 969. The summed E-state index contributed by atoms with van der Waals surface area (Å²) >= 11 is 1.70. The van der Waals surface area contributed by atoms with Crippen molar-refractivity contribution in [2.24, 2.45) is 5.10 Å². The second-order valence-corrected chi connectivity index (χ2v) is 7.61. The smallest absolute Gasteiger partial charge is 0.222 e. The Balaban J connectivity index is 1.58. The molecule has 5 heteroatoms. The van der Waals surface area contributed by atoms with Gasteiger partial charge in [0, 0.05) is 12.0 Å². The molecule has 0 unspecified atom stereocenters. The molecule has 0 aliphatic carbocycles. The van der Waals surface area contributed by atoms with Gasteiger partial charge in [-0.1, -0.05) is 36.4 Å². The summed E-state index contributed by atoms with van der Waals surface area (Å²) in [5, 5.41) is 9.18. The van der Waals surface area contributed by atoms with Gasteiger partial charge in [-0.05, 0) is 42.1 Å². The highest BCUT2D eigenvalue weighted by atomic mass is 32.1. The molecule has 2 atom stereocenters. The summed E-state index contributed by atoms with van der Waals surface area (Å²) in [7, 11) is 0. The molecule has 2 aliphatic heterocycles. The lowest BCUT2D eigenvalue weighted by Crippen LogP contribution is -2.33. The summed E-state index contributed by atoms with van der Waals surface area (Å²) in [6, 6.07) is 20.8. The Hall–Kier alpha value is -2.79. The van der Waals surface area contributed by atoms with Crippen LogP contribution in [0.3, 0.4) is 0 Å². The SMILES string of the molecule is CCOc1ccc2c(c1)[C@@H]1CC(c3ccccc3)=NN1[C@@H](c1cccs1)O2. The zero-order valence-corrected chi connectivity index (χ0v) is 15.9. The number of fused-ring (bicyclic) bond motifs is 3. The van der Waals surface area contributed by atoms with Crippen LogP contribution in [0.1, 0.15) is 41.6 Å². The maximum atomic E-state index is 6.38. The molecule has 0 saturated heterocycles. The molecule has 5 rings (SSSR count). The fraction of sp³-hybridized carbons (Fsp3) is 0.227. The summed E-state index contributed by atoms with van der Waals surface area (Å²) < 4.78 is 12.1. The lowest BCUT2D eigenvalue weighted by atomic mass is 9.96. The van der Waals surface area contributed by atoms with Crippen LogP contribution in [0, 0.1) is 0 Å². The molecule has 27 heavy (non-hydrogen) atoms. The molecule has 3 heterocycles. The third-order valence-electron chi connectivity index (χ3n) is 4.97. The number of hydrogen-bond donors (Lipinski definition) is 0. The van der Waals surface area contributed by atoms with Gasteiger partial charge in [-0.15, -0.1) is 11.3 Å². The van der Waals surface area contributed by atoms with E-state index in [1.54, 1.807) is 11.3 Å². The quantitative estimate of drug-likeness (QED) is 0.612. The monoisotopic (exact) mass is 376 g/mol. The van der Waals surface area contributed by atoms with Gasteiger partial charge in [-0.3, -0.25) is 0 Å².